The Balaban J connectivity index is 0.000000131. The van der Waals surface area contributed by atoms with Crippen LogP contribution in [0.2, 0.25) is 0 Å². The van der Waals surface area contributed by atoms with Crippen LogP contribution < -0.4 is 0 Å². The summed E-state index contributed by atoms with van der Waals surface area (Å²) in [6.45, 7) is 11.8. The Hall–Kier alpha value is -2.98. The van der Waals surface area contributed by atoms with E-state index < -0.39 is 87.2 Å². The zero-order chi connectivity index (χ0) is 34.1. The fourth-order valence-corrected chi connectivity index (χ4v) is 14.8. The highest BCUT2D eigenvalue weighted by atomic mass is 16.6. The van der Waals surface area contributed by atoms with Crippen molar-refractivity contribution in [1.82, 2.24) is 0 Å². The Morgan fingerprint density at radius 2 is 1.31 bits per heavy atom. The lowest BCUT2D eigenvalue weighted by Crippen LogP contribution is -2.53. The fourth-order valence-electron chi connectivity index (χ4n) is 14.8. The van der Waals surface area contributed by atoms with Gasteiger partial charge < -0.3 is 29.9 Å². The first-order valence-corrected chi connectivity index (χ1v) is 17.9. The Morgan fingerprint density at radius 3 is 1.92 bits per heavy atom. The number of carboxylic acids is 2. The van der Waals surface area contributed by atoms with Crippen LogP contribution in [0.3, 0.4) is 0 Å². The van der Waals surface area contributed by atoms with Gasteiger partial charge in [-0.2, -0.15) is 0 Å². The van der Waals surface area contributed by atoms with Gasteiger partial charge in [0.05, 0.1) is 29.5 Å². The molecule has 10 heteroatoms. The molecule has 258 valence electrons. The number of aliphatic hydroxyl groups is 2. The van der Waals surface area contributed by atoms with E-state index in [9.17, 15) is 39.6 Å². The molecule has 10 rings (SSSR count). The molecule has 0 unspecified atom stereocenters. The third-order valence-corrected chi connectivity index (χ3v) is 16.5. The maximum atomic E-state index is 12.7. The van der Waals surface area contributed by atoms with Gasteiger partial charge in [0, 0.05) is 23.7 Å². The number of rotatable bonds is 2. The van der Waals surface area contributed by atoms with Gasteiger partial charge in [-0.25, -0.2) is 0 Å². The number of aliphatic carboxylic acids is 2. The van der Waals surface area contributed by atoms with Gasteiger partial charge in [-0.05, 0) is 107 Å². The molecule has 0 aromatic rings. The minimum absolute atomic E-state index is 0.00104. The predicted octanol–water partition coefficient (Wildman–Crippen LogP) is 4.05. The van der Waals surface area contributed by atoms with Crippen molar-refractivity contribution in [1.29, 1.82) is 0 Å². The van der Waals surface area contributed by atoms with Gasteiger partial charge in [0.15, 0.2) is 0 Å². The van der Waals surface area contributed by atoms with Gasteiger partial charge in [0.2, 0.25) is 0 Å². The molecule has 2 heterocycles. The number of allylic oxidation sites excluding steroid dienone is 2. The minimum atomic E-state index is -1.18. The summed E-state index contributed by atoms with van der Waals surface area (Å²) in [5, 5.41) is 41.4. The molecule has 0 amide bonds. The molecule has 2 spiro atoms. The molecule has 7 saturated carbocycles. The summed E-state index contributed by atoms with van der Waals surface area (Å²) in [5.74, 6) is -3.90. The summed E-state index contributed by atoms with van der Waals surface area (Å²) in [5.41, 5.74) is -2.25. The number of fused-ring (bicyclic) bond motifs is 2. The molecular weight excluding hydrogens is 616 g/mol. The fraction of sp³-hybridized carbons (Fsp3) is 0.737. The highest BCUT2D eigenvalue weighted by molar-refractivity contribution is 5.87. The van der Waals surface area contributed by atoms with Gasteiger partial charge in [0.25, 0.3) is 0 Å². The summed E-state index contributed by atoms with van der Waals surface area (Å²) in [4.78, 5) is 50.2. The molecule has 10 nitrogen and oxygen atoms in total. The van der Waals surface area contributed by atoms with Crippen LogP contribution in [0.15, 0.2) is 36.5 Å². The maximum Gasteiger partial charge on any atom is 0.316 e. The van der Waals surface area contributed by atoms with Crippen molar-refractivity contribution in [3.8, 4) is 0 Å². The van der Waals surface area contributed by atoms with Crippen molar-refractivity contribution in [2.45, 2.75) is 101 Å². The van der Waals surface area contributed by atoms with Gasteiger partial charge in [0.1, 0.15) is 16.6 Å². The highest BCUT2D eigenvalue weighted by Gasteiger charge is 2.84. The number of carbonyl (C=O) groups is 4. The largest absolute Gasteiger partial charge is 0.481 e. The molecule has 2 aliphatic heterocycles. The van der Waals surface area contributed by atoms with E-state index in [-0.39, 0.29) is 17.3 Å². The second-order valence-electron chi connectivity index (χ2n) is 17.8. The first kappa shape index (κ1) is 31.0. The second-order valence-corrected chi connectivity index (χ2v) is 17.8. The molecule has 48 heavy (non-hydrogen) atoms. The number of esters is 2. The summed E-state index contributed by atoms with van der Waals surface area (Å²) in [7, 11) is 0. The quantitative estimate of drug-likeness (QED) is 0.250. The van der Waals surface area contributed by atoms with E-state index in [0.717, 1.165) is 50.5 Å². The van der Waals surface area contributed by atoms with Crippen molar-refractivity contribution in [3.63, 3.8) is 0 Å². The Morgan fingerprint density at radius 1 is 0.771 bits per heavy atom. The zero-order valence-electron chi connectivity index (χ0n) is 27.7. The number of ether oxygens (including phenoxy) is 2. The first-order valence-electron chi connectivity index (χ1n) is 17.9. The molecule has 9 fully saturated rings. The smallest absolute Gasteiger partial charge is 0.316 e. The van der Waals surface area contributed by atoms with E-state index in [4.69, 9.17) is 9.47 Å². The lowest BCUT2D eigenvalue weighted by molar-refractivity contribution is -0.163. The molecule has 0 aromatic heterocycles. The molecule has 16 atom stereocenters. The maximum absolute atomic E-state index is 12.7. The number of carboxylic acid groups (broad SMARTS) is 2. The van der Waals surface area contributed by atoms with Gasteiger partial charge in [-0.1, -0.05) is 30.4 Å². The molecule has 8 aliphatic carbocycles. The zero-order valence-corrected chi connectivity index (χ0v) is 27.7. The van der Waals surface area contributed by atoms with Crippen LogP contribution in [0.25, 0.3) is 0 Å². The van der Waals surface area contributed by atoms with E-state index in [2.05, 4.69) is 13.2 Å². The van der Waals surface area contributed by atoms with E-state index >= 15 is 0 Å². The molecule has 10 aliphatic rings. The van der Waals surface area contributed by atoms with E-state index in [1.807, 2.05) is 6.08 Å². The van der Waals surface area contributed by atoms with Crippen LogP contribution in [0.4, 0.5) is 0 Å². The highest BCUT2D eigenvalue weighted by Crippen LogP contribution is 2.79. The third-order valence-electron chi connectivity index (χ3n) is 16.5. The lowest BCUT2D eigenvalue weighted by atomic mass is 9.59. The number of carbonyl (C=O) groups excluding carboxylic acids is 2. The number of aliphatic hydroxyl groups excluding tert-OH is 2. The van der Waals surface area contributed by atoms with Crippen molar-refractivity contribution in [2.24, 2.45) is 69.0 Å². The van der Waals surface area contributed by atoms with Crippen LogP contribution in [-0.2, 0) is 28.7 Å². The average Bonchev–Trinajstić information content (AvgIpc) is 3.70. The van der Waals surface area contributed by atoms with Gasteiger partial charge in [-0.3, -0.25) is 19.2 Å². The molecule has 0 radical (unpaired) electrons. The summed E-state index contributed by atoms with van der Waals surface area (Å²) in [6.07, 6.45) is 9.64. The van der Waals surface area contributed by atoms with Crippen LogP contribution in [0.5, 0.6) is 0 Å². The van der Waals surface area contributed by atoms with Crippen molar-refractivity contribution in [3.05, 3.63) is 36.5 Å². The van der Waals surface area contributed by atoms with E-state index in [0.29, 0.717) is 31.1 Å². The Kier molecular flexibility index (Phi) is 5.83. The molecule has 8 bridgehead atoms. The molecule has 0 aromatic carbocycles. The monoisotopic (exact) mass is 662 g/mol. The summed E-state index contributed by atoms with van der Waals surface area (Å²) in [6, 6.07) is 0. The van der Waals surface area contributed by atoms with Gasteiger partial charge >= 0.3 is 23.9 Å². The van der Waals surface area contributed by atoms with Crippen molar-refractivity contribution < 1.29 is 49.1 Å². The Labute approximate surface area is 279 Å². The molecule has 2 saturated heterocycles. The minimum Gasteiger partial charge on any atom is -0.481 e. The topological polar surface area (TPSA) is 168 Å². The SMILES string of the molecule is C=C1C[C@]23C[C@@H]1CC[C@H]2[C@@]12C=C[C@H](O)[C@@](C)(C(=O)O1)[C@H]2[C@@H]3C(=O)O.C=C1C[C@]23C[C@@H]1CC[C@H]2[C@@]12CC[C@H](O)[C@@](C)(C(=O)O1)[C@H]2[C@@H]3C(=O)O. The summed E-state index contributed by atoms with van der Waals surface area (Å²) < 4.78 is 11.9. The second kappa shape index (κ2) is 9.02. The van der Waals surface area contributed by atoms with E-state index in [1.165, 1.54) is 5.57 Å². The van der Waals surface area contributed by atoms with Crippen LogP contribution in [0.1, 0.15) is 78.1 Å². The van der Waals surface area contributed by atoms with E-state index in [1.54, 1.807) is 19.9 Å². The van der Waals surface area contributed by atoms with Crippen molar-refractivity contribution in [2.75, 3.05) is 0 Å². The molecular formula is C38H46O10. The van der Waals surface area contributed by atoms with Crippen LogP contribution in [-0.4, -0.2) is 67.7 Å². The Bertz CT molecular complexity index is 1650. The van der Waals surface area contributed by atoms with Crippen LogP contribution >= 0.6 is 0 Å². The molecule has 4 N–H and O–H groups in total. The normalized spacial score (nSPS) is 57.2. The van der Waals surface area contributed by atoms with Crippen molar-refractivity contribution >= 4 is 23.9 Å². The number of hydrogen-bond donors (Lipinski definition) is 4. The number of hydrogen-bond acceptors (Lipinski definition) is 8. The van der Waals surface area contributed by atoms with Gasteiger partial charge in [-0.15, -0.1) is 0 Å². The average molecular weight is 663 g/mol. The summed E-state index contributed by atoms with van der Waals surface area (Å²) >= 11 is 0. The lowest BCUT2D eigenvalue weighted by Gasteiger charge is -2.44. The third kappa shape index (κ3) is 3.08. The first-order chi connectivity index (χ1) is 22.5. The predicted molar refractivity (Wildman–Crippen MR) is 168 cm³/mol. The standard InChI is InChI=1S/C19H24O5.C19H22O5/c2*1-9-7-18-8-10(9)3-4-11(18)19-6-5-12(20)17(2,16(23)24-19)14(19)13(18)15(21)22/h10-14,20H,1,3-8H2,2H3,(H,21,22);5-6,10-14,20H,1,3-4,7-8H2,2H3,(H,21,22)/t2*10-,11+,12-,13+,14+,17+,18-,19+/m00/s1. The van der Waals surface area contributed by atoms with Crippen LogP contribution in [0, 0.1) is 69.0 Å².